The van der Waals surface area contributed by atoms with Crippen molar-refractivity contribution in [3.8, 4) is 28.4 Å². The Morgan fingerprint density at radius 1 is 1.02 bits per heavy atom. The summed E-state index contributed by atoms with van der Waals surface area (Å²) in [5, 5.41) is 6.25. The molecular formula is C32H44N4O8S. The van der Waals surface area contributed by atoms with E-state index < -0.39 is 22.1 Å². The van der Waals surface area contributed by atoms with Crippen LogP contribution in [0.4, 0.5) is 5.69 Å². The Bertz CT molecular complexity index is 1610. The van der Waals surface area contributed by atoms with Crippen molar-refractivity contribution in [2.24, 2.45) is 5.92 Å². The quantitative estimate of drug-likeness (QED) is 0.399. The van der Waals surface area contributed by atoms with Crippen LogP contribution in [0.15, 0.2) is 29.1 Å². The van der Waals surface area contributed by atoms with Crippen LogP contribution in [0.25, 0.3) is 11.1 Å². The van der Waals surface area contributed by atoms with Gasteiger partial charge < -0.3 is 29.7 Å². The number of amides is 2. The number of fused-ring (bicyclic) bond motifs is 3. The molecule has 1 aliphatic heterocycles. The first-order chi connectivity index (χ1) is 21.3. The van der Waals surface area contributed by atoms with E-state index in [-0.39, 0.29) is 55.0 Å². The highest BCUT2D eigenvalue weighted by molar-refractivity contribution is 7.88. The van der Waals surface area contributed by atoms with Crippen molar-refractivity contribution in [1.29, 1.82) is 0 Å². The number of hydrogen-bond donors (Lipinski definition) is 2. The molecule has 1 aliphatic carbocycles. The van der Waals surface area contributed by atoms with Crippen LogP contribution >= 0.6 is 0 Å². The molecule has 2 aliphatic rings. The standard InChI is InChI=1S/C32H44N4O8S/c1-8-19(2)29(32(39)35-13-15-36(16-14-35)45(7,40)41)34-25-12-10-22-23(18-26(25)38)24(33-20(3)37)11-9-21-17-27(42-4)30(43-5)31(44-6)28(21)22/h10,12,17-19,24,29H,8-9,11,13-16H2,1-7H3,(H,33,37)(H,34,38). The predicted octanol–water partition coefficient (Wildman–Crippen LogP) is 2.79. The number of anilines is 1. The van der Waals surface area contributed by atoms with Gasteiger partial charge in [0.05, 0.1) is 39.3 Å². The summed E-state index contributed by atoms with van der Waals surface area (Å²) in [6, 6.07) is 5.72. The molecule has 1 fully saturated rings. The van der Waals surface area contributed by atoms with E-state index in [4.69, 9.17) is 14.2 Å². The van der Waals surface area contributed by atoms with Crippen molar-refractivity contribution < 1.29 is 32.2 Å². The van der Waals surface area contributed by atoms with Gasteiger partial charge in [-0.25, -0.2) is 8.42 Å². The lowest BCUT2D eigenvalue weighted by molar-refractivity contribution is -0.134. The van der Waals surface area contributed by atoms with Gasteiger partial charge in [-0.05, 0) is 53.6 Å². The van der Waals surface area contributed by atoms with Gasteiger partial charge in [0, 0.05) is 38.7 Å². The first-order valence-corrected chi connectivity index (χ1v) is 17.0. The third-order valence-corrected chi connectivity index (χ3v) is 10.0. The molecule has 2 amide bonds. The monoisotopic (exact) mass is 644 g/mol. The van der Waals surface area contributed by atoms with Gasteiger partial charge in [0.1, 0.15) is 6.04 Å². The molecule has 45 heavy (non-hydrogen) atoms. The summed E-state index contributed by atoms with van der Waals surface area (Å²) in [6.45, 7) is 6.33. The molecule has 0 spiro atoms. The fraction of sp³-hybridized carbons (Fsp3) is 0.531. The number of carbonyl (C=O) groups is 2. The number of carbonyl (C=O) groups excluding carboxylic acids is 2. The molecule has 246 valence electrons. The van der Waals surface area contributed by atoms with Crippen LogP contribution in [-0.2, 0) is 26.0 Å². The molecule has 2 aromatic carbocycles. The Morgan fingerprint density at radius 2 is 1.69 bits per heavy atom. The Balaban J connectivity index is 1.81. The van der Waals surface area contributed by atoms with Crippen LogP contribution in [0.3, 0.4) is 0 Å². The van der Waals surface area contributed by atoms with Crippen LogP contribution in [0, 0.1) is 5.92 Å². The fourth-order valence-electron chi connectivity index (χ4n) is 6.11. The highest BCUT2D eigenvalue weighted by Crippen LogP contribution is 2.50. The predicted molar refractivity (Wildman–Crippen MR) is 173 cm³/mol. The molecule has 0 aromatic heterocycles. The molecule has 12 nitrogen and oxygen atoms in total. The Kier molecular flexibility index (Phi) is 10.6. The molecule has 13 heteroatoms. The van der Waals surface area contributed by atoms with Gasteiger partial charge in [0.25, 0.3) is 0 Å². The number of aryl methyl sites for hydroxylation is 1. The largest absolute Gasteiger partial charge is 0.493 e. The summed E-state index contributed by atoms with van der Waals surface area (Å²) in [5.41, 5.74) is 2.85. The van der Waals surface area contributed by atoms with Crippen LogP contribution < -0.4 is 30.3 Å². The number of ether oxygens (including phenoxy) is 3. The molecule has 2 N–H and O–H groups in total. The van der Waals surface area contributed by atoms with E-state index in [1.807, 2.05) is 26.0 Å². The Morgan fingerprint density at radius 3 is 2.24 bits per heavy atom. The molecule has 1 heterocycles. The lowest BCUT2D eigenvalue weighted by atomic mass is 9.95. The third kappa shape index (κ3) is 7.19. The summed E-state index contributed by atoms with van der Waals surface area (Å²) >= 11 is 0. The highest BCUT2D eigenvalue weighted by Gasteiger charge is 2.34. The summed E-state index contributed by atoms with van der Waals surface area (Å²) < 4.78 is 42.5. The Hall–Kier alpha value is -3.84. The summed E-state index contributed by atoms with van der Waals surface area (Å²) in [7, 11) is 1.28. The molecule has 1 saturated heterocycles. The number of nitrogens with zero attached hydrogens (tertiary/aromatic N) is 2. The average molecular weight is 645 g/mol. The van der Waals surface area contributed by atoms with Crippen molar-refractivity contribution in [1.82, 2.24) is 14.5 Å². The molecule has 3 atom stereocenters. The van der Waals surface area contributed by atoms with E-state index in [9.17, 15) is 22.8 Å². The molecule has 0 saturated carbocycles. The Labute approximate surface area is 265 Å². The molecule has 4 rings (SSSR count). The summed E-state index contributed by atoms with van der Waals surface area (Å²) in [6.07, 6.45) is 2.94. The molecule has 3 unspecified atom stereocenters. The van der Waals surface area contributed by atoms with Crippen molar-refractivity contribution >= 4 is 27.5 Å². The summed E-state index contributed by atoms with van der Waals surface area (Å²) in [4.78, 5) is 41.6. The second kappa shape index (κ2) is 14.1. The zero-order chi connectivity index (χ0) is 33.1. The van der Waals surface area contributed by atoms with Gasteiger partial charge in [0.2, 0.25) is 33.0 Å². The van der Waals surface area contributed by atoms with E-state index in [2.05, 4.69) is 10.6 Å². The molecule has 0 radical (unpaired) electrons. The van der Waals surface area contributed by atoms with Crippen LogP contribution in [-0.4, -0.2) is 89.2 Å². The number of sulfonamides is 1. The maximum Gasteiger partial charge on any atom is 0.245 e. The topological polar surface area (TPSA) is 144 Å². The first-order valence-electron chi connectivity index (χ1n) is 15.1. The van der Waals surface area contributed by atoms with Crippen molar-refractivity contribution in [3.05, 3.63) is 45.6 Å². The lowest BCUT2D eigenvalue weighted by Gasteiger charge is -2.36. The van der Waals surface area contributed by atoms with Gasteiger partial charge in [-0.15, -0.1) is 0 Å². The summed E-state index contributed by atoms with van der Waals surface area (Å²) in [5.74, 6) is 0.823. The normalized spacial score (nSPS) is 18.0. The zero-order valence-corrected chi connectivity index (χ0v) is 27.9. The van der Waals surface area contributed by atoms with E-state index >= 15 is 0 Å². The lowest BCUT2D eigenvalue weighted by Crippen LogP contribution is -2.55. The maximum absolute atomic E-state index is 13.9. The SMILES string of the molecule is CCC(C)C(Nc1ccc2c(cc1=O)C(NC(C)=O)CCc1cc(OC)c(OC)c(OC)c1-2)C(=O)N1CCN(S(C)(=O)=O)CC1. The smallest absolute Gasteiger partial charge is 0.245 e. The maximum atomic E-state index is 13.9. The van der Waals surface area contributed by atoms with Gasteiger partial charge in [-0.1, -0.05) is 26.3 Å². The van der Waals surface area contributed by atoms with E-state index in [1.54, 1.807) is 25.2 Å². The van der Waals surface area contributed by atoms with Gasteiger partial charge in [-0.2, -0.15) is 4.31 Å². The third-order valence-electron chi connectivity index (χ3n) is 8.73. The van der Waals surface area contributed by atoms with E-state index in [0.29, 0.717) is 47.6 Å². The van der Waals surface area contributed by atoms with Crippen molar-refractivity contribution in [2.75, 3.05) is 59.1 Å². The molecule has 2 aromatic rings. The van der Waals surface area contributed by atoms with E-state index in [0.717, 1.165) is 17.4 Å². The van der Waals surface area contributed by atoms with Crippen LogP contribution in [0.1, 0.15) is 50.8 Å². The fourth-order valence-corrected chi connectivity index (χ4v) is 6.94. The minimum absolute atomic E-state index is 0.127. The second-order valence-electron chi connectivity index (χ2n) is 11.6. The number of rotatable bonds is 10. The molecular weight excluding hydrogens is 600 g/mol. The van der Waals surface area contributed by atoms with Crippen LogP contribution in [0.5, 0.6) is 17.2 Å². The van der Waals surface area contributed by atoms with Crippen LogP contribution in [0.2, 0.25) is 0 Å². The number of benzene rings is 1. The minimum Gasteiger partial charge on any atom is -0.493 e. The first kappa shape index (κ1) is 34.0. The van der Waals surface area contributed by atoms with Gasteiger partial charge in [-0.3, -0.25) is 14.4 Å². The van der Waals surface area contributed by atoms with E-state index in [1.165, 1.54) is 24.4 Å². The average Bonchev–Trinajstić information content (AvgIpc) is 3.25. The highest BCUT2D eigenvalue weighted by atomic mass is 32.2. The number of hydrogen-bond acceptors (Lipinski definition) is 9. The van der Waals surface area contributed by atoms with Gasteiger partial charge >= 0.3 is 0 Å². The van der Waals surface area contributed by atoms with Crippen molar-refractivity contribution in [3.63, 3.8) is 0 Å². The van der Waals surface area contributed by atoms with Crippen molar-refractivity contribution in [2.45, 2.75) is 52.1 Å². The zero-order valence-electron chi connectivity index (χ0n) is 27.1. The molecule has 0 bridgehead atoms. The number of piperazine rings is 1. The minimum atomic E-state index is -3.35. The number of methoxy groups -OCH3 is 3. The second-order valence-corrected chi connectivity index (χ2v) is 13.6. The number of nitrogens with one attached hydrogen (secondary N) is 2. The van der Waals surface area contributed by atoms with Gasteiger partial charge in [0.15, 0.2) is 11.5 Å².